The number of hydrogen-bond donors (Lipinski definition) is 2. The SMILES string of the molecule is CCCNC(=O)[C@H](C)NC(=O)COC(=O)c1ccc(C(F)(F)F)cc1. The molecule has 0 bridgehead atoms. The lowest BCUT2D eigenvalue weighted by Crippen LogP contribution is -2.46. The average molecular weight is 360 g/mol. The van der Waals surface area contributed by atoms with Gasteiger partial charge in [-0.2, -0.15) is 13.2 Å². The molecule has 0 aliphatic rings. The summed E-state index contributed by atoms with van der Waals surface area (Å²) in [5.41, 5.74) is -1.01. The minimum Gasteiger partial charge on any atom is -0.452 e. The number of halogens is 3. The highest BCUT2D eigenvalue weighted by Crippen LogP contribution is 2.29. The van der Waals surface area contributed by atoms with Crippen molar-refractivity contribution in [2.24, 2.45) is 0 Å². The van der Waals surface area contributed by atoms with Crippen LogP contribution in [0.2, 0.25) is 0 Å². The molecule has 2 amide bonds. The minimum absolute atomic E-state index is 0.116. The van der Waals surface area contributed by atoms with E-state index in [-0.39, 0.29) is 11.5 Å². The molecule has 0 spiro atoms. The van der Waals surface area contributed by atoms with Gasteiger partial charge in [-0.3, -0.25) is 9.59 Å². The average Bonchev–Trinajstić information content (AvgIpc) is 2.56. The summed E-state index contributed by atoms with van der Waals surface area (Å²) in [6.45, 7) is 3.18. The standard InChI is InChI=1S/C16H19F3N2O4/c1-3-8-20-14(23)10(2)21-13(22)9-25-15(24)11-4-6-12(7-5-11)16(17,18)19/h4-7,10H,3,8-9H2,1-2H3,(H,20,23)(H,21,22)/t10-/m0/s1. The number of rotatable bonds is 7. The second-order valence-corrected chi connectivity index (χ2v) is 5.23. The Balaban J connectivity index is 2.48. The van der Waals surface area contributed by atoms with Crippen LogP contribution in [0.3, 0.4) is 0 Å². The van der Waals surface area contributed by atoms with Gasteiger partial charge in [0.1, 0.15) is 6.04 Å². The number of hydrogen-bond acceptors (Lipinski definition) is 4. The van der Waals surface area contributed by atoms with Crippen LogP contribution in [0.5, 0.6) is 0 Å². The van der Waals surface area contributed by atoms with E-state index < -0.39 is 36.3 Å². The number of benzene rings is 1. The smallest absolute Gasteiger partial charge is 0.416 e. The van der Waals surface area contributed by atoms with Gasteiger partial charge in [-0.15, -0.1) is 0 Å². The van der Waals surface area contributed by atoms with E-state index in [0.29, 0.717) is 6.54 Å². The quantitative estimate of drug-likeness (QED) is 0.728. The number of esters is 1. The molecular weight excluding hydrogens is 341 g/mol. The second kappa shape index (κ2) is 9.05. The first-order chi connectivity index (χ1) is 11.6. The van der Waals surface area contributed by atoms with Crippen LogP contribution in [-0.2, 0) is 20.5 Å². The van der Waals surface area contributed by atoms with Gasteiger partial charge in [-0.25, -0.2) is 4.79 Å². The number of carbonyl (C=O) groups is 3. The third-order valence-electron chi connectivity index (χ3n) is 3.10. The Morgan fingerprint density at radius 1 is 1.16 bits per heavy atom. The molecule has 6 nitrogen and oxygen atoms in total. The van der Waals surface area contributed by atoms with Crippen molar-refractivity contribution in [1.82, 2.24) is 10.6 Å². The van der Waals surface area contributed by atoms with E-state index in [2.05, 4.69) is 10.6 Å². The molecule has 1 aromatic carbocycles. The molecule has 0 fully saturated rings. The summed E-state index contributed by atoms with van der Waals surface area (Å²) >= 11 is 0. The molecule has 0 aliphatic heterocycles. The Morgan fingerprint density at radius 2 is 1.76 bits per heavy atom. The van der Waals surface area contributed by atoms with Crippen molar-refractivity contribution in [3.8, 4) is 0 Å². The van der Waals surface area contributed by atoms with E-state index in [4.69, 9.17) is 4.74 Å². The third kappa shape index (κ3) is 6.82. The number of amides is 2. The van der Waals surface area contributed by atoms with Crippen LogP contribution < -0.4 is 10.6 Å². The zero-order valence-electron chi connectivity index (χ0n) is 13.8. The first-order valence-corrected chi connectivity index (χ1v) is 7.56. The molecule has 1 atom stereocenters. The van der Waals surface area contributed by atoms with Gasteiger partial charge in [0.2, 0.25) is 5.91 Å². The fraction of sp³-hybridized carbons (Fsp3) is 0.438. The summed E-state index contributed by atoms with van der Waals surface area (Å²) < 4.78 is 42.0. The van der Waals surface area contributed by atoms with E-state index >= 15 is 0 Å². The molecule has 1 rings (SSSR count). The van der Waals surface area contributed by atoms with Crippen molar-refractivity contribution in [1.29, 1.82) is 0 Å². The maximum atomic E-state index is 12.4. The summed E-state index contributed by atoms with van der Waals surface area (Å²) in [6.07, 6.45) is -3.76. The van der Waals surface area contributed by atoms with Gasteiger partial charge >= 0.3 is 12.1 Å². The molecule has 138 valence electrons. The van der Waals surface area contributed by atoms with E-state index in [9.17, 15) is 27.6 Å². The van der Waals surface area contributed by atoms with E-state index in [1.807, 2.05) is 6.92 Å². The van der Waals surface area contributed by atoms with E-state index in [0.717, 1.165) is 30.7 Å². The van der Waals surface area contributed by atoms with Crippen LogP contribution in [-0.4, -0.2) is 37.0 Å². The van der Waals surface area contributed by atoms with Crippen LogP contribution in [0.1, 0.15) is 36.2 Å². The largest absolute Gasteiger partial charge is 0.452 e. The van der Waals surface area contributed by atoms with Gasteiger partial charge in [-0.1, -0.05) is 6.92 Å². The van der Waals surface area contributed by atoms with Crippen molar-refractivity contribution in [2.75, 3.05) is 13.2 Å². The highest BCUT2D eigenvalue weighted by molar-refractivity contribution is 5.92. The number of ether oxygens (including phenoxy) is 1. The van der Waals surface area contributed by atoms with Crippen LogP contribution in [0.25, 0.3) is 0 Å². The lowest BCUT2D eigenvalue weighted by molar-refractivity contribution is -0.137. The van der Waals surface area contributed by atoms with Crippen molar-refractivity contribution < 1.29 is 32.3 Å². The molecule has 0 saturated carbocycles. The monoisotopic (exact) mass is 360 g/mol. The van der Waals surface area contributed by atoms with Gasteiger partial charge in [0.25, 0.3) is 5.91 Å². The predicted octanol–water partition coefficient (Wildman–Crippen LogP) is 1.89. The predicted molar refractivity (Wildman–Crippen MR) is 82.6 cm³/mol. The summed E-state index contributed by atoms with van der Waals surface area (Å²) in [7, 11) is 0. The molecule has 25 heavy (non-hydrogen) atoms. The van der Waals surface area contributed by atoms with E-state index in [1.54, 1.807) is 0 Å². The Labute approximate surface area is 142 Å². The first kappa shape index (κ1) is 20.5. The highest BCUT2D eigenvalue weighted by Gasteiger charge is 2.30. The summed E-state index contributed by atoms with van der Waals surface area (Å²) in [4.78, 5) is 34.9. The van der Waals surface area contributed by atoms with Gasteiger partial charge in [0.15, 0.2) is 6.61 Å². The first-order valence-electron chi connectivity index (χ1n) is 7.56. The van der Waals surface area contributed by atoms with Gasteiger partial charge in [-0.05, 0) is 37.6 Å². The Bertz CT molecular complexity index is 615. The van der Waals surface area contributed by atoms with Gasteiger partial charge in [0, 0.05) is 6.54 Å². The van der Waals surface area contributed by atoms with Gasteiger partial charge < -0.3 is 15.4 Å². The molecule has 2 N–H and O–H groups in total. The molecule has 9 heteroatoms. The van der Waals surface area contributed by atoms with Crippen LogP contribution >= 0.6 is 0 Å². The maximum absolute atomic E-state index is 12.4. The topological polar surface area (TPSA) is 84.5 Å². The second-order valence-electron chi connectivity index (χ2n) is 5.23. The number of alkyl halides is 3. The lowest BCUT2D eigenvalue weighted by Gasteiger charge is -2.14. The van der Waals surface area contributed by atoms with Crippen molar-refractivity contribution >= 4 is 17.8 Å². The van der Waals surface area contributed by atoms with Crippen LogP contribution in [0, 0.1) is 0 Å². The third-order valence-corrected chi connectivity index (χ3v) is 3.10. The number of nitrogens with one attached hydrogen (secondary N) is 2. The Hall–Kier alpha value is -2.58. The van der Waals surface area contributed by atoms with Crippen LogP contribution in [0.15, 0.2) is 24.3 Å². The summed E-state index contributed by atoms with van der Waals surface area (Å²) in [6, 6.07) is 2.62. The summed E-state index contributed by atoms with van der Waals surface area (Å²) in [5, 5.41) is 4.94. The molecule has 0 aliphatic carbocycles. The van der Waals surface area contributed by atoms with Crippen molar-refractivity contribution in [3.63, 3.8) is 0 Å². The fourth-order valence-electron chi connectivity index (χ4n) is 1.76. The minimum atomic E-state index is -4.50. The molecule has 0 radical (unpaired) electrons. The zero-order valence-corrected chi connectivity index (χ0v) is 13.8. The molecular formula is C16H19F3N2O4. The van der Waals surface area contributed by atoms with E-state index in [1.165, 1.54) is 6.92 Å². The normalized spacial score (nSPS) is 12.2. The zero-order chi connectivity index (χ0) is 19.0. The Morgan fingerprint density at radius 3 is 2.28 bits per heavy atom. The number of carbonyl (C=O) groups excluding carboxylic acids is 3. The molecule has 0 unspecified atom stereocenters. The Kier molecular flexibility index (Phi) is 7.41. The molecule has 0 aromatic heterocycles. The molecule has 1 aromatic rings. The fourth-order valence-corrected chi connectivity index (χ4v) is 1.76. The van der Waals surface area contributed by atoms with Crippen molar-refractivity contribution in [3.05, 3.63) is 35.4 Å². The van der Waals surface area contributed by atoms with Gasteiger partial charge in [0.05, 0.1) is 11.1 Å². The summed E-state index contributed by atoms with van der Waals surface area (Å²) in [5.74, 6) is -2.00. The molecule has 0 heterocycles. The van der Waals surface area contributed by atoms with Crippen molar-refractivity contribution in [2.45, 2.75) is 32.5 Å². The highest BCUT2D eigenvalue weighted by atomic mass is 19.4. The lowest BCUT2D eigenvalue weighted by atomic mass is 10.1. The molecule has 0 saturated heterocycles. The maximum Gasteiger partial charge on any atom is 0.416 e. The van der Waals surface area contributed by atoms with Crippen LogP contribution in [0.4, 0.5) is 13.2 Å².